The van der Waals surface area contributed by atoms with Crippen LogP contribution in [0.1, 0.15) is 24.8 Å². The van der Waals surface area contributed by atoms with Crippen LogP contribution in [0.4, 0.5) is 8.78 Å². The third kappa shape index (κ3) is 4.68. The Morgan fingerprint density at radius 1 is 1.41 bits per heavy atom. The van der Waals surface area contributed by atoms with Crippen LogP contribution in [0.2, 0.25) is 0 Å². The van der Waals surface area contributed by atoms with Crippen LogP contribution in [0.15, 0.2) is 42.5 Å². The molecule has 116 valence electrons. The van der Waals surface area contributed by atoms with Gasteiger partial charge in [0.15, 0.2) is 0 Å². The summed E-state index contributed by atoms with van der Waals surface area (Å²) in [5, 5.41) is 11.9. The lowest BCUT2D eigenvalue weighted by Gasteiger charge is -2.05. The van der Waals surface area contributed by atoms with Crippen LogP contribution in [-0.4, -0.2) is 29.1 Å². The van der Waals surface area contributed by atoms with Crippen molar-refractivity contribution in [3.05, 3.63) is 48.0 Å². The Kier molecular flexibility index (Phi) is 5.29. The zero-order valence-corrected chi connectivity index (χ0v) is 11.9. The first-order chi connectivity index (χ1) is 10.5. The van der Waals surface area contributed by atoms with Gasteiger partial charge in [0.25, 0.3) is 5.91 Å². The molecule has 0 radical (unpaired) electrons. The smallest absolute Gasteiger partial charge is 0.326 e. The highest BCUT2D eigenvalue weighted by molar-refractivity contribution is 5.86. The molecule has 5 heteroatoms. The minimum absolute atomic E-state index is 0.410. The highest BCUT2D eigenvalue weighted by atomic mass is 19.3. The summed E-state index contributed by atoms with van der Waals surface area (Å²) >= 11 is 0. The minimum atomic E-state index is -3.32. The van der Waals surface area contributed by atoms with Crippen molar-refractivity contribution >= 4 is 5.91 Å². The molecule has 0 aromatic heterocycles. The number of rotatable bonds is 4. The zero-order valence-electron chi connectivity index (χ0n) is 11.9. The maximum absolute atomic E-state index is 13.0. The highest BCUT2D eigenvalue weighted by Gasteiger charge is 2.47. The molecule has 1 heterocycles. The summed E-state index contributed by atoms with van der Waals surface area (Å²) in [4.78, 5) is 10.9. The number of hydrogen-bond donors (Lipinski definition) is 2. The summed E-state index contributed by atoms with van der Waals surface area (Å²) < 4.78 is 26.0. The molecule has 1 fully saturated rings. The number of carbonyl (C=O) groups excluding carboxylic acids is 1. The summed E-state index contributed by atoms with van der Waals surface area (Å²) in [5.41, 5.74) is 0.906. The Morgan fingerprint density at radius 3 is 2.77 bits per heavy atom. The molecule has 1 aromatic rings. The largest absolute Gasteiger partial charge is 0.389 e. The first-order valence-corrected chi connectivity index (χ1v) is 7.06. The Morgan fingerprint density at radius 2 is 2.14 bits per heavy atom. The molecule has 1 unspecified atom stereocenters. The van der Waals surface area contributed by atoms with E-state index in [9.17, 15) is 18.7 Å². The van der Waals surface area contributed by atoms with E-state index < -0.39 is 30.4 Å². The molecule has 1 amide bonds. The third-order valence-corrected chi connectivity index (χ3v) is 3.26. The van der Waals surface area contributed by atoms with Crippen LogP contribution in [0.25, 0.3) is 0 Å². The van der Waals surface area contributed by atoms with E-state index in [0.29, 0.717) is 12.8 Å². The summed E-state index contributed by atoms with van der Waals surface area (Å²) in [7, 11) is 0. The van der Waals surface area contributed by atoms with Crippen LogP contribution < -0.4 is 5.32 Å². The lowest BCUT2D eigenvalue weighted by molar-refractivity contribution is -0.139. The topological polar surface area (TPSA) is 49.3 Å². The molecule has 1 saturated heterocycles. The highest BCUT2D eigenvalue weighted by Crippen LogP contribution is 2.27. The van der Waals surface area contributed by atoms with Crippen molar-refractivity contribution < 1.29 is 18.7 Å². The number of hydrogen-bond acceptors (Lipinski definition) is 2. The van der Waals surface area contributed by atoms with Gasteiger partial charge < -0.3 is 10.4 Å². The third-order valence-electron chi connectivity index (χ3n) is 3.26. The zero-order chi connectivity index (χ0) is 16.0. The van der Waals surface area contributed by atoms with Crippen molar-refractivity contribution in [3.8, 4) is 11.8 Å². The fourth-order valence-electron chi connectivity index (χ4n) is 2.07. The number of nitrogens with one attached hydrogen (secondary N) is 1. The van der Waals surface area contributed by atoms with E-state index in [2.05, 4.69) is 17.2 Å². The van der Waals surface area contributed by atoms with E-state index in [1.54, 1.807) is 0 Å². The van der Waals surface area contributed by atoms with E-state index in [1.807, 2.05) is 30.3 Å². The predicted molar refractivity (Wildman–Crippen MR) is 79.2 cm³/mol. The van der Waals surface area contributed by atoms with Crippen molar-refractivity contribution in [1.82, 2.24) is 5.32 Å². The molecular formula is C17H17F2NO2. The van der Waals surface area contributed by atoms with Crippen molar-refractivity contribution in [2.75, 3.05) is 0 Å². The van der Waals surface area contributed by atoms with Gasteiger partial charge in [-0.05, 0) is 18.6 Å². The van der Waals surface area contributed by atoms with Gasteiger partial charge in [0.2, 0.25) is 0 Å². The van der Waals surface area contributed by atoms with E-state index in [0.717, 1.165) is 5.56 Å². The van der Waals surface area contributed by atoms with E-state index in [4.69, 9.17) is 0 Å². The second-order valence-electron chi connectivity index (χ2n) is 5.15. The van der Waals surface area contributed by atoms with E-state index >= 15 is 0 Å². The molecule has 1 aliphatic heterocycles. The summed E-state index contributed by atoms with van der Waals surface area (Å²) in [6.45, 7) is 0. The fourth-order valence-corrected chi connectivity index (χ4v) is 2.07. The van der Waals surface area contributed by atoms with Crippen molar-refractivity contribution in [2.45, 2.75) is 37.3 Å². The van der Waals surface area contributed by atoms with E-state index in [1.165, 1.54) is 12.2 Å². The predicted octanol–water partition coefficient (Wildman–Crippen LogP) is 2.26. The molecule has 0 spiro atoms. The van der Waals surface area contributed by atoms with Gasteiger partial charge in [-0.15, -0.1) is 0 Å². The van der Waals surface area contributed by atoms with Gasteiger partial charge in [-0.2, -0.15) is 8.78 Å². The van der Waals surface area contributed by atoms with Crippen LogP contribution in [0.3, 0.4) is 0 Å². The van der Waals surface area contributed by atoms with Gasteiger partial charge in [0.1, 0.15) is 0 Å². The second kappa shape index (κ2) is 7.19. The van der Waals surface area contributed by atoms with Crippen molar-refractivity contribution in [1.29, 1.82) is 0 Å². The fraction of sp³-hybridized carbons (Fsp3) is 0.353. The number of benzene rings is 1. The van der Waals surface area contributed by atoms with Gasteiger partial charge in [0, 0.05) is 18.4 Å². The van der Waals surface area contributed by atoms with Gasteiger partial charge in [0.05, 0.1) is 12.1 Å². The molecule has 1 aliphatic rings. The van der Waals surface area contributed by atoms with Gasteiger partial charge in [-0.25, -0.2) is 0 Å². The Hall–Kier alpha value is -2.19. The first-order valence-electron chi connectivity index (χ1n) is 7.06. The van der Waals surface area contributed by atoms with Crippen LogP contribution in [0, 0.1) is 11.8 Å². The Balaban J connectivity index is 1.75. The van der Waals surface area contributed by atoms with E-state index in [-0.39, 0.29) is 0 Å². The molecule has 2 atom stereocenters. The number of alkyl halides is 2. The number of amides is 1. The quantitative estimate of drug-likeness (QED) is 0.662. The van der Waals surface area contributed by atoms with Gasteiger partial charge in [-0.3, -0.25) is 4.79 Å². The Bertz CT molecular complexity index is 602. The van der Waals surface area contributed by atoms with Crippen molar-refractivity contribution in [3.63, 3.8) is 0 Å². The van der Waals surface area contributed by atoms with Gasteiger partial charge >= 0.3 is 5.92 Å². The molecule has 2 rings (SSSR count). The average molecular weight is 305 g/mol. The van der Waals surface area contributed by atoms with Crippen LogP contribution >= 0.6 is 0 Å². The molecule has 0 bridgehead atoms. The number of aliphatic hydroxyl groups excluding tert-OH is 1. The molecule has 0 saturated carbocycles. The van der Waals surface area contributed by atoms with Crippen LogP contribution in [-0.2, 0) is 4.79 Å². The first kappa shape index (κ1) is 16.2. The monoisotopic (exact) mass is 305 g/mol. The number of halogens is 2. The lowest BCUT2D eigenvalue weighted by atomic mass is 10.1. The molecule has 3 nitrogen and oxygen atoms in total. The summed E-state index contributed by atoms with van der Waals surface area (Å²) in [6, 6.07) is 8.76. The average Bonchev–Trinajstić information content (AvgIpc) is 2.76. The maximum atomic E-state index is 13.0. The van der Waals surface area contributed by atoms with Crippen molar-refractivity contribution in [2.24, 2.45) is 0 Å². The lowest BCUT2D eigenvalue weighted by Crippen LogP contribution is -2.30. The molecule has 22 heavy (non-hydrogen) atoms. The molecule has 2 N–H and O–H groups in total. The number of carbonyl (C=O) groups is 1. The molecule has 0 aliphatic carbocycles. The van der Waals surface area contributed by atoms with Crippen LogP contribution in [0.5, 0.6) is 0 Å². The summed E-state index contributed by atoms with van der Waals surface area (Å²) in [5.74, 6) is 1.34. The van der Waals surface area contributed by atoms with Gasteiger partial charge in [-0.1, -0.05) is 42.2 Å². The summed E-state index contributed by atoms with van der Waals surface area (Å²) in [6.07, 6.45) is 2.41. The molecular weight excluding hydrogens is 288 g/mol. The Labute approximate surface area is 128 Å². The molecule has 1 aromatic carbocycles. The minimum Gasteiger partial charge on any atom is -0.389 e. The second-order valence-corrected chi connectivity index (χ2v) is 5.15. The maximum Gasteiger partial charge on any atom is 0.326 e. The number of aliphatic hydroxyl groups is 1. The normalized spacial score (nSPS) is 21.2. The standard InChI is InChI=1S/C17H17F2NO2/c18-17(19)12-14(20-16(17)22)10-11-15(21)9-5-4-8-13-6-2-1-3-7-13/h1-3,6-7,10-11,14-15,21H,5,9,12H2,(H,20,22)/b11-10+/t14-,15?/m0/s1. The SMILES string of the molecule is O=C1N[C@@H](/C=C/C(O)CCC#Cc2ccccc2)CC1(F)F.